The highest BCUT2D eigenvalue weighted by Gasteiger charge is 2.35. The van der Waals surface area contributed by atoms with Crippen LogP contribution >= 0.6 is 11.6 Å². The molecule has 0 bridgehead atoms. The Bertz CT molecular complexity index is 1260. The number of anilines is 2. The smallest absolute Gasteiger partial charge is 0.322 e. The maximum absolute atomic E-state index is 12.5. The Kier molecular flexibility index (Phi) is 5.98. The summed E-state index contributed by atoms with van der Waals surface area (Å²) in [5.41, 5.74) is 1.37. The van der Waals surface area contributed by atoms with E-state index in [-0.39, 0.29) is 47.4 Å². The third-order valence-corrected chi connectivity index (χ3v) is 6.40. The molecule has 4 rings (SSSR count). The van der Waals surface area contributed by atoms with Gasteiger partial charge in [-0.05, 0) is 42.0 Å². The molecule has 1 aromatic heterocycles. The Morgan fingerprint density at radius 1 is 1.16 bits per heavy atom. The summed E-state index contributed by atoms with van der Waals surface area (Å²) in [5, 5.41) is 11.0. The number of aromatic nitrogens is 2. The highest BCUT2D eigenvalue weighted by atomic mass is 35.5. The summed E-state index contributed by atoms with van der Waals surface area (Å²) in [7, 11) is -3.32. The van der Waals surface area contributed by atoms with Crippen LogP contribution in [0.1, 0.15) is 23.8 Å². The summed E-state index contributed by atoms with van der Waals surface area (Å²) in [5.74, 6) is -0.562. The van der Waals surface area contributed by atoms with Gasteiger partial charge in [-0.2, -0.15) is 0 Å². The van der Waals surface area contributed by atoms with Gasteiger partial charge in [0.05, 0.1) is 17.2 Å². The van der Waals surface area contributed by atoms with Crippen LogP contribution < -0.4 is 10.2 Å². The fourth-order valence-electron chi connectivity index (χ4n) is 3.40. The van der Waals surface area contributed by atoms with Crippen LogP contribution in [0.3, 0.4) is 0 Å². The van der Waals surface area contributed by atoms with Crippen molar-refractivity contribution in [1.29, 1.82) is 0 Å². The van der Waals surface area contributed by atoms with Crippen LogP contribution in [0.15, 0.2) is 57.8 Å². The number of carbonyl (C=O) groups excluding carboxylic acids is 2. The lowest BCUT2D eigenvalue weighted by molar-refractivity contribution is -0.117. The van der Waals surface area contributed by atoms with Crippen LogP contribution in [0.4, 0.5) is 11.7 Å². The molecule has 1 aliphatic rings. The number of nitrogens with zero attached hydrogens (tertiary/aromatic N) is 3. The lowest BCUT2D eigenvalue weighted by Crippen LogP contribution is -2.24. The van der Waals surface area contributed by atoms with E-state index in [0.717, 1.165) is 11.8 Å². The molecule has 1 N–H and O–H groups in total. The minimum atomic E-state index is -3.32. The van der Waals surface area contributed by atoms with E-state index in [0.29, 0.717) is 17.3 Å². The van der Waals surface area contributed by atoms with Crippen LogP contribution in [-0.2, 0) is 25.8 Å². The standard InChI is InChI=1S/C21H19ClN4O5S/c1-32(29,30)17-8-6-16(7-9-17)26-12-14(11-19(26)28)20-24-25-21(31-20)23-18(27)10-13-2-4-15(22)5-3-13/h2-9,14H,10-12H2,1H3,(H,23,25,27)/t14-/m0/s1. The largest absolute Gasteiger partial charge is 0.407 e. The molecule has 0 unspecified atom stereocenters. The Morgan fingerprint density at radius 2 is 1.84 bits per heavy atom. The van der Waals surface area contributed by atoms with Crippen molar-refractivity contribution in [3.8, 4) is 0 Å². The van der Waals surface area contributed by atoms with Crippen molar-refractivity contribution in [1.82, 2.24) is 10.2 Å². The third kappa shape index (κ3) is 4.97. The zero-order valence-corrected chi connectivity index (χ0v) is 18.6. The summed E-state index contributed by atoms with van der Waals surface area (Å²) >= 11 is 5.84. The number of halogens is 1. The van der Waals surface area contributed by atoms with Crippen molar-refractivity contribution in [2.24, 2.45) is 0 Å². The highest BCUT2D eigenvalue weighted by Crippen LogP contribution is 2.32. The van der Waals surface area contributed by atoms with E-state index in [1.54, 1.807) is 41.3 Å². The Hall–Kier alpha value is -3.24. The van der Waals surface area contributed by atoms with Crippen LogP contribution in [0, 0.1) is 0 Å². The zero-order valence-electron chi connectivity index (χ0n) is 17.0. The molecular formula is C21H19ClN4O5S. The molecule has 1 atom stereocenters. The van der Waals surface area contributed by atoms with Crippen molar-refractivity contribution >= 4 is 45.0 Å². The Balaban J connectivity index is 1.39. The summed E-state index contributed by atoms with van der Waals surface area (Å²) < 4.78 is 28.8. The summed E-state index contributed by atoms with van der Waals surface area (Å²) in [6, 6.07) is 13.0. The van der Waals surface area contributed by atoms with Crippen LogP contribution in [0.5, 0.6) is 0 Å². The quantitative estimate of drug-likeness (QED) is 0.582. The van der Waals surface area contributed by atoms with Crippen LogP contribution in [0.25, 0.3) is 0 Å². The summed E-state index contributed by atoms with van der Waals surface area (Å²) in [6.45, 7) is 0.303. The molecule has 1 aliphatic heterocycles. The first-order valence-electron chi connectivity index (χ1n) is 9.67. The van der Waals surface area contributed by atoms with Crippen molar-refractivity contribution in [3.63, 3.8) is 0 Å². The maximum Gasteiger partial charge on any atom is 0.322 e. The number of hydrogen-bond acceptors (Lipinski definition) is 7. The number of benzene rings is 2. The molecule has 11 heteroatoms. The molecule has 32 heavy (non-hydrogen) atoms. The molecule has 9 nitrogen and oxygen atoms in total. The average molecular weight is 475 g/mol. The van der Waals surface area contributed by atoms with E-state index in [9.17, 15) is 18.0 Å². The van der Waals surface area contributed by atoms with Gasteiger partial charge in [0, 0.05) is 29.9 Å². The minimum absolute atomic E-state index is 0.0395. The Morgan fingerprint density at radius 3 is 2.50 bits per heavy atom. The second-order valence-electron chi connectivity index (χ2n) is 7.47. The van der Waals surface area contributed by atoms with Gasteiger partial charge in [0.2, 0.25) is 17.7 Å². The van der Waals surface area contributed by atoms with Gasteiger partial charge < -0.3 is 9.32 Å². The maximum atomic E-state index is 12.5. The van der Waals surface area contributed by atoms with E-state index < -0.39 is 9.84 Å². The van der Waals surface area contributed by atoms with Gasteiger partial charge in [-0.15, -0.1) is 5.10 Å². The SMILES string of the molecule is CS(=O)(=O)c1ccc(N2C[C@@H](c3nnc(NC(=O)Cc4ccc(Cl)cc4)o3)CC2=O)cc1. The minimum Gasteiger partial charge on any atom is -0.407 e. The molecule has 3 aromatic rings. The second kappa shape index (κ2) is 8.71. The molecule has 2 heterocycles. The van der Waals surface area contributed by atoms with Gasteiger partial charge in [-0.3, -0.25) is 14.9 Å². The molecule has 2 aromatic carbocycles. The van der Waals surface area contributed by atoms with Crippen molar-refractivity contribution < 1.29 is 22.4 Å². The predicted molar refractivity (Wildman–Crippen MR) is 117 cm³/mol. The highest BCUT2D eigenvalue weighted by molar-refractivity contribution is 7.90. The van der Waals surface area contributed by atoms with E-state index in [4.69, 9.17) is 16.0 Å². The number of nitrogens with one attached hydrogen (secondary N) is 1. The average Bonchev–Trinajstić information content (AvgIpc) is 3.35. The van der Waals surface area contributed by atoms with Gasteiger partial charge in [-0.1, -0.05) is 28.8 Å². The van der Waals surface area contributed by atoms with E-state index in [1.807, 2.05) is 0 Å². The number of rotatable bonds is 6. The number of carbonyl (C=O) groups is 2. The van der Waals surface area contributed by atoms with Gasteiger partial charge in [0.1, 0.15) is 0 Å². The number of hydrogen-bond donors (Lipinski definition) is 1. The molecule has 0 saturated carbocycles. The molecule has 0 aliphatic carbocycles. The molecular weight excluding hydrogens is 456 g/mol. The molecule has 2 amide bonds. The Labute approximate surface area is 189 Å². The van der Waals surface area contributed by atoms with Gasteiger partial charge >= 0.3 is 6.01 Å². The fourth-order valence-corrected chi connectivity index (χ4v) is 4.15. The van der Waals surface area contributed by atoms with E-state index in [2.05, 4.69) is 15.5 Å². The normalized spacial score (nSPS) is 16.4. The van der Waals surface area contributed by atoms with Crippen LogP contribution in [0.2, 0.25) is 5.02 Å². The number of sulfone groups is 1. The topological polar surface area (TPSA) is 122 Å². The fraction of sp³-hybridized carbons (Fsp3) is 0.238. The first-order chi connectivity index (χ1) is 15.2. The lowest BCUT2D eigenvalue weighted by atomic mass is 10.1. The van der Waals surface area contributed by atoms with E-state index >= 15 is 0 Å². The molecule has 0 spiro atoms. The van der Waals surface area contributed by atoms with Crippen molar-refractivity contribution in [3.05, 3.63) is 65.0 Å². The monoisotopic (exact) mass is 474 g/mol. The summed E-state index contributed by atoms with van der Waals surface area (Å²) in [4.78, 5) is 26.4. The third-order valence-electron chi connectivity index (χ3n) is 5.02. The zero-order chi connectivity index (χ0) is 22.9. The molecule has 1 saturated heterocycles. The molecule has 166 valence electrons. The predicted octanol–water partition coefficient (Wildman–Crippen LogP) is 2.83. The van der Waals surface area contributed by atoms with Gasteiger partial charge in [0.15, 0.2) is 9.84 Å². The van der Waals surface area contributed by atoms with Crippen molar-refractivity contribution in [2.45, 2.75) is 23.7 Å². The van der Waals surface area contributed by atoms with Gasteiger partial charge in [0.25, 0.3) is 0 Å². The first kappa shape index (κ1) is 22.0. The lowest BCUT2D eigenvalue weighted by Gasteiger charge is -2.16. The van der Waals surface area contributed by atoms with Crippen molar-refractivity contribution in [2.75, 3.05) is 23.0 Å². The summed E-state index contributed by atoms with van der Waals surface area (Å²) in [6.07, 6.45) is 1.41. The molecule has 1 fully saturated rings. The number of amides is 2. The molecule has 0 radical (unpaired) electrons. The first-order valence-corrected chi connectivity index (χ1v) is 11.9. The van der Waals surface area contributed by atoms with Gasteiger partial charge in [-0.25, -0.2) is 8.42 Å². The van der Waals surface area contributed by atoms with Crippen LogP contribution in [-0.4, -0.2) is 43.2 Å². The second-order valence-corrected chi connectivity index (χ2v) is 9.92. The van der Waals surface area contributed by atoms with E-state index in [1.165, 1.54) is 12.1 Å².